The van der Waals surface area contributed by atoms with Gasteiger partial charge in [-0.1, -0.05) is 37.3 Å². The summed E-state index contributed by atoms with van der Waals surface area (Å²) in [5, 5.41) is 1.91. The Bertz CT molecular complexity index is 2450. The minimum absolute atomic E-state index is 0. The van der Waals surface area contributed by atoms with Gasteiger partial charge in [0.15, 0.2) is 0 Å². The van der Waals surface area contributed by atoms with Crippen LogP contribution in [0.5, 0.6) is 0 Å². The van der Waals surface area contributed by atoms with E-state index in [-0.39, 0.29) is 20.1 Å². The summed E-state index contributed by atoms with van der Waals surface area (Å²) >= 11 is -1.86. The van der Waals surface area contributed by atoms with Crippen molar-refractivity contribution in [3.8, 4) is 28.3 Å². The number of furan rings is 1. The molecule has 0 spiro atoms. The van der Waals surface area contributed by atoms with Crippen LogP contribution in [0.1, 0.15) is 30.8 Å². The van der Waals surface area contributed by atoms with Crippen molar-refractivity contribution < 1.29 is 24.5 Å². The Morgan fingerprint density at radius 3 is 2.33 bits per heavy atom. The Morgan fingerprint density at radius 1 is 0.863 bits per heavy atom. The molecule has 0 saturated carbocycles. The molecule has 0 amide bonds. The monoisotopic (exact) mass is 910 g/mol. The van der Waals surface area contributed by atoms with Gasteiger partial charge in [-0.15, -0.1) is 0 Å². The fourth-order valence-corrected chi connectivity index (χ4v) is 9.85. The van der Waals surface area contributed by atoms with Crippen molar-refractivity contribution in [2.45, 2.75) is 51.4 Å². The first-order valence-electron chi connectivity index (χ1n) is 17.2. The first kappa shape index (κ1) is 36.4. The molecule has 0 N–H and O–H groups in total. The molecule has 6 nitrogen and oxygen atoms in total. The van der Waals surface area contributed by atoms with Crippen LogP contribution >= 0.6 is 0 Å². The third kappa shape index (κ3) is 7.48. The van der Waals surface area contributed by atoms with E-state index >= 15 is 0 Å². The number of hydrogen-bond donors (Lipinski definition) is 0. The number of benzene rings is 3. The largest absolute Gasteiger partial charge is 0.486 e. The third-order valence-corrected chi connectivity index (χ3v) is 13.2. The molecule has 0 saturated heterocycles. The topological polar surface area (TPSA) is 69.6 Å². The third-order valence-electron chi connectivity index (χ3n) is 8.83. The number of aromatic nitrogens is 5. The van der Waals surface area contributed by atoms with Crippen LogP contribution in [-0.4, -0.2) is 37.8 Å². The molecule has 0 fully saturated rings. The molecule has 0 aliphatic heterocycles. The van der Waals surface area contributed by atoms with Gasteiger partial charge in [0.05, 0.1) is 22.4 Å². The summed E-state index contributed by atoms with van der Waals surface area (Å²) in [7, 11) is 0. The first-order valence-corrected chi connectivity index (χ1v) is 24.5. The molecule has 8 heteroatoms. The summed E-state index contributed by atoms with van der Waals surface area (Å²) in [5.74, 6) is 8.74. The van der Waals surface area contributed by atoms with E-state index in [4.69, 9.17) is 14.4 Å². The Balaban J connectivity index is 0.000000188. The number of imidazole rings is 1. The van der Waals surface area contributed by atoms with Gasteiger partial charge in [-0.25, -0.2) is 4.98 Å². The van der Waals surface area contributed by atoms with E-state index in [1.165, 1.54) is 5.56 Å². The zero-order valence-corrected chi connectivity index (χ0v) is 34.6. The maximum absolute atomic E-state index is 6.25. The fraction of sp³-hybridized carbons (Fsp3) is 0.209. The van der Waals surface area contributed by atoms with Gasteiger partial charge in [-0.3, -0.25) is 4.98 Å². The summed E-state index contributed by atoms with van der Waals surface area (Å²) in [4.78, 5) is 18.8. The number of fused-ring (bicyclic) bond motifs is 4. The smallest absolute Gasteiger partial charge is 0.216 e. The summed E-state index contributed by atoms with van der Waals surface area (Å²) in [6.07, 6.45) is 6.46. The van der Waals surface area contributed by atoms with Gasteiger partial charge in [-0.2, -0.15) is 0 Å². The van der Waals surface area contributed by atoms with Gasteiger partial charge < -0.3 is 14.0 Å². The first-order chi connectivity index (χ1) is 24.1. The van der Waals surface area contributed by atoms with E-state index in [1.807, 2.05) is 80.6 Å². The summed E-state index contributed by atoms with van der Waals surface area (Å²) in [5.41, 5.74) is 10.4. The number of hydrogen-bond acceptors (Lipinski definition) is 5. The molecule has 5 aromatic heterocycles. The molecule has 0 aliphatic rings. The van der Waals surface area contributed by atoms with Crippen molar-refractivity contribution in [2.75, 3.05) is 0 Å². The maximum atomic E-state index is 6.25. The van der Waals surface area contributed by atoms with Gasteiger partial charge in [0.1, 0.15) is 0 Å². The van der Waals surface area contributed by atoms with Crippen LogP contribution in [0.3, 0.4) is 0 Å². The second-order valence-electron chi connectivity index (χ2n) is 14.2. The zero-order valence-electron chi connectivity index (χ0n) is 30.1. The van der Waals surface area contributed by atoms with E-state index in [9.17, 15) is 0 Å². The average Bonchev–Trinajstić information content (AvgIpc) is 3.68. The molecule has 259 valence electrons. The second-order valence-corrected chi connectivity index (χ2v) is 24.8. The molecular formula is C43H41GeIrN5O-2. The number of aryl methyl sites for hydroxylation is 2. The van der Waals surface area contributed by atoms with Gasteiger partial charge in [0.2, 0.25) is 5.71 Å². The Hall–Kier alpha value is -4.43. The van der Waals surface area contributed by atoms with Gasteiger partial charge >= 0.3 is 126 Å². The van der Waals surface area contributed by atoms with Crippen molar-refractivity contribution in [1.82, 2.24) is 24.5 Å². The molecule has 0 bridgehead atoms. The average molecular weight is 909 g/mol. The van der Waals surface area contributed by atoms with Crippen LogP contribution in [0, 0.1) is 32.0 Å². The molecule has 8 aromatic rings. The van der Waals surface area contributed by atoms with Crippen molar-refractivity contribution in [2.24, 2.45) is 5.92 Å². The number of para-hydroxylation sites is 3. The Morgan fingerprint density at radius 2 is 1.61 bits per heavy atom. The molecule has 0 atom stereocenters. The molecule has 1 radical (unpaired) electrons. The Kier molecular flexibility index (Phi) is 10.7. The molecule has 5 heterocycles. The van der Waals surface area contributed by atoms with E-state index < -0.39 is 13.3 Å². The van der Waals surface area contributed by atoms with Crippen molar-refractivity contribution in [1.29, 1.82) is 0 Å². The molecule has 0 unspecified atom stereocenters. The van der Waals surface area contributed by atoms with Gasteiger partial charge in [0.25, 0.3) is 0 Å². The van der Waals surface area contributed by atoms with Crippen molar-refractivity contribution in [3.05, 3.63) is 132 Å². The number of pyridine rings is 3. The van der Waals surface area contributed by atoms with Crippen LogP contribution in [0.25, 0.3) is 61.4 Å². The van der Waals surface area contributed by atoms with Crippen LogP contribution in [0.4, 0.5) is 0 Å². The van der Waals surface area contributed by atoms with Crippen molar-refractivity contribution >= 4 is 50.8 Å². The fourth-order valence-electron chi connectivity index (χ4n) is 6.52. The van der Waals surface area contributed by atoms with Crippen LogP contribution in [-0.2, 0) is 26.5 Å². The number of rotatable bonds is 6. The minimum Gasteiger partial charge on any atom is -0.486 e. The number of nitrogens with zero attached hydrogens (tertiary/aromatic N) is 5. The maximum Gasteiger partial charge on any atom is 0.216 e. The van der Waals surface area contributed by atoms with Crippen LogP contribution in [0.15, 0.2) is 108 Å². The van der Waals surface area contributed by atoms with Crippen molar-refractivity contribution in [3.63, 3.8) is 0 Å². The minimum atomic E-state index is -1.86. The normalized spacial score (nSPS) is 11.5. The standard InChI is InChI=1S/C25H17N4O.C18H24GeN.Ir/c1-15-12-13-18-22-16(2)26-14-19(23(22)30-25(18)27-15)24-28-20-10-6-7-11-21(20)29(24)17-8-4-3-5-9-17;1-14(2)11-16-12-18(15-9-7-6-8-10-15)20-13-17(16)19(3,4)5;/h3-13H,1-2H3;6-9,12-14H,11H2,1-5H3;/q2*-1;. The van der Waals surface area contributed by atoms with Crippen LogP contribution in [0.2, 0.25) is 17.3 Å². The SMILES string of the molecule is CC(C)Cc1cc(-c2[c-]cccc2)nc[c]1[Ge]([CH3])([CH3])[CH3].Cc1ccc2c(n1)oc1c(-c3nc4ccccc4n3-c3ccccc3)[c-]nc(C)c12.[Ir]. The molecule has 51 heavy (non-hydrogen) atoms. The predicted octanol–water partition coefficient (Wildman–Crippen LogP) is 10.1. The molecule has 3 aromatic carbocycles. The molecule has 8 rings (SSSR count). The van der Waals surface area contributed by atoms with E-state index in [2.05, 4.69) is 94.4 Å². The molecule has 0 aliphatic carbocycles. The summed E-state index contributed by atoms with van der Waals surface area (Å²) in [6, 6.07) is 36.0. The zero-order chi connectivity index (χ0) is 35.0. The van der Waals surface area contributed by atoms with Gasteiger partial charge in [-0.05, 0) is 66.2 Å². The Labute approximate surface area is 316 Å². The second kappa shape index (κ2) is 15.0. The molecular weight excluding hydrogens is 867 g/mol. The van der Waals surface area contributed by atoms with Crippen LogP contribution < -0.4 is 4.40 Å². The van der Waals surface area contributed by atoms with E-state index in [0.717, 1.165) is 67.9 Å². The quantitative estimate of drug-likeness (QED) is 0.123. The predicted molar refractivity (Wildman–Crippen MR) is 208 cm³/mol. The van der Waals surface area contributed by atoms with E-state index in [1.54, 1.807) is 4.40 Å². The van der Waals surface area contributed by atoms with Gasteiger partial charge in [0, 0.05) is 36.9 Å². The summed E-state index contributed by atoms with van der Waals surface area (Å²) < 4.78 is 9.92. The van der Waals surface area contributed by atoms with E-state index in [0.29, 0.717) is 17.2 Å². The summed E-state index contributed by atoms with van der Waals surface area (Å²) in [6.45, 7) is 8.50.